The van der Waals surface area contributed by atoms with Crippen molar-refractivity contribution in [3.8, 4) is 0 Å². The van der Waals surface area contributed by atoms with E-state index in [2.05, 4.69) is 53.0 Å². The van der Waals surface area contributed by atoms with Gasteiger partial charge in [-0.2, -0.15) is 0 Å². The van der Waals surface area contributed by atoms with Gasteiger partial charge in [0.25, 0.3) is 0 Å². The van der Waals surface area contributed by atoms with Gasteiger partial charge in [0.05, 0.1) is 33.4 Å². The second kappa shape index (κ2) is 17.1. The maximum Gasteiger partial charge on any atom is 0.198 e. The van der Waals surface area contributed by atoms with Crippen LogP contribution in [0.2, 0.25) is 0 Å². The third-order valence-corrected chi connectivity index (χ3v) is 9.75. The lowest BCUT2D eigenvalue weighted by atomic mass is 9.83. The van der Waals surface area contributed by atoms with Gasteiger partial charge in [0.15, 0.2) is 23.1 Å². The van der Waals surface area contributed by atoms with Crippen LogP contribution in [0.4, 0.5) is 22.7 Å². The molecule has 0 spiro atoms. The zero-order valence-electron chi connectivity index (χ0n) is 31.7. The van der Waals surface area contributed by atoms with Crippen LogP contribution in [-0.2, 0) is 0 Å². The fourth-order valence-electron chi connectivity index (χ4n) is 6.91. The molecule has 2 aromatic carbocycles. The highest BCUT2D eigenvalue weighted by Crippen LogP contribution is 2.37. The summed E-state index contributed by atoms with van der Waals surface area (Å²) in [4.78, 5) is 69.4. The first kappa shape index (κ1) is 38.2. The second-order valence-corrected chi connectivity index (χ2v) is 14.3. The number of rotatable bonds is 18. The third kappa shape index (κ3) is 8.18. The molecule has 4 aromatic rings. The third-order valence-electron chi connectivity index (χ3n) is 9.75. The average Bonchev–Trinajstić information content (AvgIpc) is 3.16. The summed E-state index contributed by atoms with van der Waals surface area (Å²) in [5.41, 5.74) is 5.53. The number of nitrogens with one attached hydrogen (secondary N) is 4. The molecular weight excluding hydrogens is 683 g/mol. The molecule has 0 unspecified atom stereocenters. The van der Waals surface area contributed by atoms with Gasteiger partial charge in [0.2, 0.25) is 0 Å². The van der Waals surface area contributed by atoms with Crippen molar-refractivity contribution in [1.82, 2.24) is 24.7 Å². The number of ketones is 4. The highest BCUT2D eigenvalue weighted by molar-refractivity contribution is 6.32. The highest BCUT2D eigenvalue weighted by atomic mass is 16.1. The van der Waals surface area contributed by atoms with Crippen LogP contribution in [0, 0.1) is 0 Å². The summed E-state index contributed by atoms with van der Waals surface area (Å²) in [5.74, 6) is -0.784. The Morgan fingerprint density at radius 1 is 0.444 bits per heavy atom. The smallest absolute Gasteiger partial charge is 0.198 e. The number of nitrogens with zero attached hydrogens (tertiary/aromatic N) is 5. The van der Waals surface area contributed by atoms with Crippen LogP contribution < -0.4 is 21.3 Å². The predicted molar refractivity (Wildman–Crippen MR) is 213 cm³/mol. The summed E-state index contributed by atoms with van der Waals surface area (Å²) in [6, 6.07) is 10.7. The van der Waals surface area contributed by atoms with Crippen molar-refractivity contribution in [2.45, 2.75) is 12.8 Å². The van der Waals surface area contributed by atoms with Gasteiger partial charge in [-0.05, 0) is 97.6 Å². The van der Waals surface area contributed by atoms with Gasteiger partial charge in [-0.25, -0.2) is 0 Å². The van der Waals surface area contributed by atoms with Gasteiger partial charge in [-0.1, -0.05) is 0 Å². The number of pyridine rings is 2. The number of fused-ring (bicyclic) bond motifs is 4. The van der Waals surface area contributed by atoms with Crippen molar-refractivity contribution in [2.24, 2.45) is 0 Å². The molecule has 2 aliphatic carbocycles. The van der Waals surface area contributed by atoms with E-state index in [-0.39, 0.29) is 23.1 Å². The zero-order valence-corrected chi connectivity index (χ0v) is 31.7. The molecule has 0 saturated carbocycles. The van der Waals surface area contributed by atoms with E-state index in [9.17, 15) is 19.2 Å². The lowest BCUT2D eigenvalue weighted by Crippen LogP contribution is -2.27. The van der Waals surface area contributed by atoms with E-state index in [4.69, 9.17) is 0 Å². The lowest BCUT2D eigenvalue weighted by molar-refractivity contribution is 0.0980. The van der Waals surface area contributed by atoms with Crippen LogP contribution in [0.15, 0.2) is 61.2 Å². The van der Waals surface area contributed by atoms with E-state index in [0.29, 0.717) is 93.4 Å². The number of likely N-dealkylation sites (N-methyl/N-ethyl adjacent to an activating group) is 2. The molecule has 4 N–H and O–H groups in total. The quantitative estimate of drug-likeness (QED) is 0.0936. The van der Waals surface area contributed by atoms with E-state index in [0.717, 1.165) is 39.0 Å². The van der Waals surface area contributed by atoms with E-state index in [1.165, 1.54) is 12.4 Å². The Morgan fingerprint density at radius 2 is 0.778 bits per heavy atom. The van der Waals surface area contributed by atoms with Crippen molar-refractivity contribution in [3.05, 3.63) is 106 Å². The van der Waals surface area contributed by atoms with Crippen molar-refractivity contribution in [2.75, 3.05) is 109 Å². The average molecular weight is 732 g/mol. The van der Waals surface area contributed by atoms with Crippen LogP contribution in [0.5, 0.6) is 0 Å². The summed E-state index contributed by atoms with van der Waals surface area (Å²) >= 11 is 0. The Labute approximate surface area is 316 Å². The molecule has 0 radical (unpaired) electrons. The molecule has 0 fully saturated rings. The molecule has 54 heavy (non-hydrogen) atoms. The summed E-state index contributed by atoms with van der Waals surface area (Å²) in [6.45, 7) is 5.64. The Bertz CT molecular complexity index is 1920. The topological polar surface area (TPSA) is 152 Å². The Morgan fingerprint density at radius 3 is 1.13 bits per heavy atom. The molecule has 282 valence electrons. The minimum absolute atomic E-state index is 0.183. The summed E-state index contributed by atoms with van der Waals surface area (Å²) in [5, 5.41) is 13.6. The van der Waals surface area contributed by atoms with Crippen LogP contribution in [0.3, 0.4) is 0 Å². The first-order valence-electron chi connectivity index (χ1n) is 18.4. The van der Waals surface area contributed by atoms with Gasteiger partial charge in [0, 0.05) is 97.9 Å². The van der Waals surface area contributed by atoms with Crippen molar-refractivity contribution >= 4 is 45.9 Å². The van der Waals surface area contributed by atoms with Crippen molar-refractivity contribution in [1.29, 1.82) is 0 Å². The van der Waals surface area contributed by atoms with Crippen LogP contribution in [0.1, 0.15) is 76.5 Å². The van der Waals surface area contributed by atoms with E-state index in [1.807, 2.05) is 52.5 Å². The zero-order chi connectivity index (χ0) is 38.4. The number of benzene rings is 2. The summed E-state index contributed by atoms with van der Waals surface area (Å²) in [6.07, 6.45) is 7.64. The van der Waals surface area contributed by atoms with E-state index < -0.39 is 0 Å². The highest BCUT2D eigenvalue weighted by Gasteiger charge is 2.35. The molecule has 13 nitrogen and oxygen atoms in total. The number of carbonyl (C=O) groups is 4. The maximum absolute atomic E-state index is 13.7. The molecule has 2 aromatic heterocycles. The van der Waals surface area contributed by atoms with Crippen LogP contribution in [-0.4, -0.2) is 135 Å². The number of hydrogen-bond acceptors (Lipinski definition) is 13. The number of aromatic nitrogens is 2. The summed E-state index contributed by atoms with van der Waals surface area (Å²) < 4.78 is 0. The van der Waals surface area contributed by atoms with Crippen LogP contribution >= 0.6 is 0 Å². The van der Waals surface area contributed by atoms with Gasteiger partial charge in [-0.3, -0.25) is 29.1 Å². The van der Waals surface area contributed by atoms with Crippen molar-refractivity contribution in [3.63, 3.8) is 0 Å². The van der Waals surface area contributed by atoms with Crippen LogP contribution in [0.25, 0.3) is 0 Å². The lowest BCUT2D eigenvalue weighted by Gasteiger charge is -2.24. The molecule has 6 rings (SSSR count). The monoisotopic (exact) mass is 731 g/mol. The molecular formula is C41H49N9O4. The molecule has 0 atom stereocenters. The molecule has 0 aliphatic heterocycles. The number of anilines is 4. The van der Waals surface area contributed by atoms with Crippen molar-refractivity contribution < 1.29 is 19.2 Å². The fourth-order valence-corrected chi connectivity index (χ4v) is 6.91. The molecule has 0 amide bonds. The van der Waals surface area contributed by atoms with Gasteiger partial charge in [0.1, 0.15) is 0 Å². The fraction of sp³-hybridized carbons (Fsp3) is 0.366. The SMILES string of the molecule is CN(C)CCNc1ccc(NCCCN(C)CCCNc2ccc(NCCN(C)C)c3c2C(=O)c2cnccc2C3=O)c2c1C(=O)c1ccncc1C2=O. The van der Waals surface area contributed by atoms with Gasteiger partial charge in [-0.15, -0.1) is 0 Å². The number of hydrogen-bond donors (Lipinski definition) is 4. The largest absolute Gasteiger partial charge is 0.384 e. The van der Waals surface area contributed by atoms with E-state index >= 15 is 0 Å². The minimum atomic E-state index is -0.209. The van der Waals surface area contributed by atoms with Gasteiger partial charge >= 0.3 is 0 Å². The Kier molecular flexibility index (Phi) is 12.1. The second-order valence-electron chi connectivity index (χ2n) is 14.3. The molecule has 13 heteroatoms. The molecule has 2 aliphatic rings. The summed E-state index contributed by atoms with van der Waals surface area (Å²) in [7, 11) is 10.0. The minimum Gasteiger partial charge on any atom is -0.384 e. The van der Waals surface area contributed by atoms with Gasteiger partial charge < -0.3 is 36.0 Å². The molecule has 2 heterocycles. The first-order valence-corrected chi connectivity index (χ1v) is 18.4. The Hall–Kier alpha value is -5.50. The standard InChI is InChI=1S/C41H49N9O4/c1-48(2)22-18-46-32-10-8-30(36-34(32)38(51)26-12-16-42-24-28(26)40(36)53)44-14-6-20-50(5)21-7-15-45-31-9-11-33(47-19-23-49(3)4)35-37(31)41(54)29-25-43-17-13-27(29)39(35)52/h8-13,16-17,24-25,44-47H,6-7,14-15,18-23H2,1-5H3. The molecule has 0 bridgehead atoms. The predicted octanol–water partition coefficient (Wildman–Crippen LogP) is 4.21. The Balaban J connectivity index is 1.05. The maximum atomic E-state index is 13.7. The first-order chi connectivity index (χ1) is 26.1. The van der Waals surface area contributed by atoms with E-state index in [1.54, 1.807) is 24.5 Å². The number of carbonyl (C=O) groups excluding carboxylic acids is 4. The normalized spacial score (nSPS) is 13.2. The molecule has 0 saturated heterocycles.